The highest BCUT2D eigenvalue weighted by atomic mass is 15.2. The number of hydrogen-bond acceptors (Lipinski definition) is 1. The Labute approximate surface area is 63.2 Å². The molecule has 0 aromatic heterocycles. The molecule has 1 saturated heterocycles. The van der Waals surface area contributed by atoms with Crippen LogP contribution in [0, 0.1) is 5.41 Å². The second kappa shape index (κ2) is 1.76. The molecule has 0 bridgehead atoms. The molecule has 1 nitrogen and oxygen atoms in total. The Kier molecular flexibility index (Phi) is 1.17. The SMILES string of the molecule is CC1(C)CCC2(CC1)CN2. The van der Waals surface area contributed by atoms with Gasteiger partial charge < -0.3 is 5.32 Å². The zero-order valence-electron chi connectivity index (χ0n) is 7.04. The molecule has 0 unspecified atom stereocenters. The van der Waals surface area contributed by atoms with Crippen LogP contribution in [0.15, 0.2) is 0 Å². The van der Waals surface area contributed by atoms with Crippen molar-refractivity contribution in [2.75, 3.05) is 6.54 Å². The second-order valence-corrected chi connectivity index (χ2v) is 4.80. The predicted octanol–water partition coefficient (Wildman–Crippen LogP) is 1.93. The first-order valence-corrected chi connectivity index (χ1v) is 4.37. The molecule has 1 aliphatic heterocycles. The van der Waals surface area contributed by atoms with Crippen molar-refractivity contribution in [1.82, 2.24) is 5.32 Å². The fourth-order valence-corrected chi connectivity index (χ4v) is 1.88. The summed E-state index contributed by atoms with van der Waals surface area (Å²) in [6.07, 6.45) is 5.67. The molecule has 0 radical (unpaired) electrons. The van der Waals surface area contributed by atoms with Gasteiger partial charge in [-0.2, -0.15) is 0 Å². The van der Waals surface area contributed by atoms with E-state index in [0.717, 1.165) is 0 Å². The lowest BCUT2D eigenvalue weighted by Crippen LogP contribution is -2.28. The predicted molar refractivity (Wildman–Crippen MR) is 43.0 cm³/mol. The first kappa shape index (κ1) is 6.66. The van der Waals surface area contributed by atoms with Gasteiger partial charge in [0.05, 0.1) is 0 Å². The molecular weight excluding hydrogens is 122 g/mol. The van der Waals surface area contributed by atoms with Crippen molar-refractivity contribution < 1.29 is 0 Å². The quantitative estimate of drug-likeness (QED) is 0.509. The average molecular weight is 139 g/mol. The Hall–Kier alpha value is -0.0400. The summed E-state index contributed by atoms with van der Waals surface area (Å²) in [7, 11) is 0. The van der Waals surface area contributed by atoms with E-state index in [1.807, 2.05) is 0 Å². The molecular formula is C9H17N. The first-order valence-electron chi connectivity index (χ1n) is 4.37. The molecule has 2 rings (SSSR count). The van der Waals surface area contributed by atoms with Gasteiger partial charge in [-0.3, -0.25) is 0 Å². The van der Waals surface area contributed by atoms with E-state index in [4.69, 9.17) is 0 Å². The van der Waals surface area contributed by atoms with Gasteiger partial charge in [0.2, 0.25) is 0 Å². The van der Waals surface area contributed by atoms with E-state index in [1.165, 1.54) is 32.2 Å². The molecule has 2 aliphatic rings. The van der Waals surface area contributed by atoms with Crippen LogP contribution in [0.3, 0.4) is 0 Å². The molecule has 0 aromatic rings. The van der Waals surface area contributed by atoms with Gasteiger partial charge in [-0.05, 0) is 31.1 Å². The lowest BCUT2D eigenvalue weighted by atomic mass is 9.73. The minimum atomic E-state index is 0.634. The van der Waals surface area contributed by atoms with Gasteiger partial charge in [0.1, 0.15) is 0 Å². The molecule has 1 saturated carbocycles. The largest absolute Gasteiger partial charge is 0.308 e. The van der Waals surface area contributed by atoms with E-state index in [0.29, 0.717) is 11.0 Å². The molecule has 1 aliphatic carbocycles. The Morgan fingerprint density at radius 2 is 1.50 bits per heavy atom. The summed E-state index contributed by atoms with van der Waals surface area (Å²) in [6, 6.07) is 0. The summed E-state index contributed by atoms with van der Waals surface area (Å²) in [4.78, 5) is 0. The highest BCUT2D eigenvalue weighted by Gasteiger charge is 2.46. The van der Waals surface area contributed by atoms with Crippen molar-refractivity contribution in [3.05, 3.63) is 0 Å². The van der Waals surface area contributed by atoms with Crippen LogP contribution in [0.25, 0.3) is 0 Å². The lowest BCUT2D eigenvalue weighted by Gasteiger charge is -2.33. The van der Waals surface area contributed by atoms with Crippen molar-refractivity contribution in [3.63, 3.8) is 0 Å². The van der Waals surface area contributed by atoms with Crippen LogP contribution in [0.1, 0.15) is 39.5 Å². The van der Waals surface area contributed by atoms with Crippen LogP contribution < -0.4 is 5.32 Å². The maximum atomic E-state index is 3.49. The molecule has 0 atom stereocenters. The van der Waals surface area contributed by atoms with E-state index < -0.39 is 0 Å². The lowest BCUT2D eigenvalue weighted by molar-refractivity contribution is 0.212. The third-order valence-corrected chi connectivity index (χ3v) is 3.24. The van der Waals surface area contributed by atoms with Gasteiger partial charge in [-0.15, -0.1) is 0 Å². The van der Waals surface area contributed by atoms with E-state index in [2.05, 4.69) is 19.2 Å². The molecule has 2 fully saturated rings. The molecule has 1 N–H and O–H groups in total. The van der Waals surface area contributed by atoms with Crippen molar-refractivity contribution in [2.24, 2.45) is 5.41 Å². The normalized spacial score (nSPS) is 34.2. The summed E-state index contributed by atoms with van der Waals surface area (Å²) in [5.74, 6) is 0. The summed E-state index contributed by atoms with van der Waals surface area (Å²) in [6.45, 7) is 6.08. The van der Waals surface area contributed by atoms with Gasteiger partial charge in [0.15, 0.2) is 0 Å². The molecule has 1 heteroatoms. The summed E-state index contributed by atoms with van der Waals surface area (Å²) in [5, 5.41) is 3.49. The maximum Gasteiger partial charge on any atom is 0.0307 e. The minimum absolute atomic E-state index is 0.634. The fraction of sp³-hybridized carbons (Fsp3) is 1.00. The maximum absolute atomic E-state index is 3.49. The monoisotopic (exact) mass is 139 g/mol. The van der Waals surface area contributed by atoms with E-state index in [9.17, 15) is 0 Å². The van der Waals surface area contributed by atoms with Crippen molar-refractivity contribution >= 4 is 0 Å². The third-order valence-electron chi connectivity index (χ3n) is 3.24. The number of hydrogen-bond donors (Lipinski definition) is 1. The van der Waals surface area contributed by atoms with Crippen LogP contribution >= 0.6 is 0 Å². The molecule has 1 heterocycles. The summed E-state index contributed by atoms with van der Waals surface area (Å²) in [5.41, 5.74) is 1.27. The Bertz CT molecular complexity index is 127. The fourth-order valence-electron chi connectivity index (χ4n) is 1.88. The third kappa shape index (κ3) is 1.07. The molecule has 0 aromatic carbocycles. The Morgan fingerprint density at radius 3 is 1.90 bits per heavy atom. The molecule has 58 valence electrons. The Balaban J connectivity index is 1.95. The smallest absolute Gasteiger partial charge is 0.0307 e. The van der Waals surface area contributed by atoms with Crippen LogP contribution in [0.5, 0.6) is 0 Å². The molecule has 1 spiro atoms. The molecule has 10 heavy (non-hydrogen) atoms. The van der Waals surface area contributed by atoms with Gasteiger partial charge in [0, 0.05) is 12.1 Å². The van der Waals surface area contributed by atoms with E-state index >= 15 is 0 Å². The van der Waals surface area contributed by atoms with Crippen molar-refractivity contribution in [2.45, 2.75) is 45.1 Å². The average Bonchev–Trinajstić information content (AvgIpc) is 2.60. The second-order valence-electron chi connectivity index (χ2n) is 4.80. The van der Waals surface area contributed by atoms with Gasteiger partial charge in [-0.1, -0.05) is 13.8 Å². The van der Waals surface area contributed by atoms with Gasteiger partial charge in [-0.25, -0.2) is 0 Å². The Morgan fingerprint density at radius 1 is 1.00 bits per heavy atom. The van der Waals surface area contributed by atoms with Crippen LogP contribution in [0.4, 0.5) is 0 Å². The highest BCUT2D eigenvalue weighted by molar-refractivity contribution is 5.07. The van der Waals surface area contributed by atoms with Gasteiger partial charge >= 0.3 is 0 Å². The first-order chi connectivity index (χ1) is 4.62. The standard InChI is InChI=1S/C9H17N/c1-8(2)3-5-9(6-4-8)7-10-9/h10H,3-7H2,1-2H3. The van der Waals surface area contributed by atoms with Crippen LogP contribution in [0.2, 0.25) is 0 Å². The van der Waals surface area contributed by atoms with Gasteiger partial charge in [0.25, 0.3) is 0 Å². The van der Waals surface area contributed by atoms with E-state index in [1.54, 1.807) is 0 Å². The van der Waals surface area contributed by atoms with Crippen LogP contribution in [-0.4, -0.2) is 12.1 Å². The summed E-state index contributed by atoms with van der Waals surface area (Å²) < 4.78 is 0. The van der Waals surface area contributed by atoms with E-state index in [-0.39, 0.29) is 0 Å². The number of nitrogens with one attached hydrogen (secondary N) is 1. The van der Waals surface area contributed by atoms with Crippen molar-refractivity contribution in [3.8, 4) is 0 Å². The topological polar surface area (TPSA) is 21.9 Å². The molecule has 0 amide bonds. The van der Waals surface area contributed by atoms with Crippen LogP contribution in [-0.2, 0) is 0 Å². The number of rotatable bonds is 0. The minimum Gasteiger partial charge on any atom is -0.308 e. The highest BCUT2D eigenvalue weighted by Crippen LogP contribution is 2.43. The van der Waals surface area contributed by atoms with Crippen molar-refractivity contribution in [1.29, 1.82) is 0 Å². The zero-order valence-corrected chi connectivity index (χ0v) is 7.04. The zero-order chi connectivity index (χ0) is 7.24. The summed E-state index contributed by atoms with van der Waals surface area (Å²) >= 11 is 0.